The van der Waals surface area contributed by atoms with Crippen molar-refractivity contribution in [1.82, 2.24) is 9.97 Å². The second-order valence-electron chi connectivity index (χ2n) is 3.26. The molecule has 2 aromatic rings. The number of aromatic nitrogens is 2. The van der Waals surface area contributed by atoms with Gasteiger partial charge in [-0.2, -0.15) is 5.26 Å². The van der Waals surface area contributed by atoms with E-state index in [2.05, 4.69) is 21.4 Å². The zero-order valence-corrected chi connectivity index (χ0v) is 9.53. The number of nitrogens with zero attached hydrogens (tertiary/aromatic N) is 3. The fourth-order valence-electron chi connectivity index (χ4n) is 1.29. The van der Waals surface area contributed by atoms with E-state index in [1.807, 2.05) is 24.4 Å². The minimum absolute atomic E-state index is 0.147. The highest BCUT2D eigenvalue weighted by molar-refractivity contribution is 7.10. The van der Waals surface area contributed by atoms with Gasteiger partial charge < -0.3 is 5.32 Å². The SMILES string of the molecule is CC(Nc1nccc(C#N)n1)c1cccs1. The van der Waals surface area contributed by atoms with Gasteiger partial charge in [0.25, 0.3) is 0 Å². The zero-order chi connectivity index (χ0) is 11.4. The molecule has 1 N–H and O–H groups in total. The molecule has 1 atom stereocenters. The number of hydrogen-bond donors (Lipinski definition) is 1. The van der Waals surface area contributed by atoms with Crippen LogP contribution in [0.25, 0.3) is 0 Å². The summed E-state index contributed by atoms with van der Waals surface area (Å²) in [5, 5.41) is 13.9. The van der Waals surface area contributed by atoms with Crippen molar-refractivity contribution in [2.75, 3.05) is 5.32 Å². The zero-order valence-electron chi connectivity index (χ0n) is 8.71. The minimum Gasteiger partial charge on any atom is -0.347 e. The van der Waals surface area contributed by atoms with Gasteiger partial charge in [-0.1, -0.05) is 6.07 Å². The van der Waals surface area contributed by atoms with Crippen molar-refractivity contribution in [2.24, 2.45) is 0 Å². The summed E-state index contributed by atoms with van der Waals surface area (Å²) in [5.41, 5.74) is 0.371. The molecule has 5 heteroatoms. The van der Waals surface area contributed by atoms with Crippen LogP contribution in [0.1, 0.15) is 23.5 Å². The summed E-state index contributed by atoms with van der Waals surface area (Å²) in [6.07, 6.45) is 1.58. The molecule has 0 saturated heterocycles. The van der Waals surface area contributed by atoms with E-state index in [9.17, 15) is 0 Å². The molecule has 4 nitrogen and oxygen atoms in total. The van der Waals surface area contributed by atoms with Gasteiger partial charge >= 0.3 is 0 Å². The van der Waals surface area contributed by atoms with E-state index in [-0.39, 0.29) is 6.04 Å². The van der Waals surface area contributed by atoms with E-state index in [1.165, 1.54) is 4.88 Å². The molecule has 0 bridgehead atoms. The first-order valence-corrected chi connectivity index (χ1v) is 5.70. The van der Waals surface area contributed by atoms with Crippen LogP contribution in [0.15, 0.2) is 29.8 Å². The average Bonchev–Trinajstić information content (AvgIpc) is 2.83. The molecule has 2 aromatic heterocycles. The fourth-order valence-corrected chi connectivity index (χ4v) is 2.03. The summed E-state index contributed by atoms with van der Waals surface area (Å²) in [5.74, 6) is 0.486. The van der Waals surface area contributed by atoms with Gasteiger partial charge in [-0.25, -0.2) is 9.97 Å². The Balaban J connectivity index is 2.12. The van der Waals surface area contributed by atoms with Gasteiger partial charge in [0.2, 0.25) is 5.95 Å². The third-order valence-corrected chi connectivity index (χ3v) is 3.14. The van der Waals surface area contributed by atoms with Gasteiger partial charge in [-0.05, 0) is 24.4 Å². The van der Waals surface area contributed by atoms with E-state index >= 15 is 0 Å². The van der Waals surface area contributed by atoms with Gasteiger partial charge in [0.1, 0.15) is 11.8 Å². The van der Waals surface area contributed by atoms with Crippen LogP contribution in [0.2, 0.25) is 0 Å². The molecule has 0 aliphatic carbocycles. The lowest BCUT2D eigenvalue weighted by Gasteiger charge is -2.11. The van der Waals surface area contributed by atoms with Crippen LogP contribution in [0.3, 0.4) is 0 Å². The Kier molecular flexibility index (Phi) is 3.13. The van der Waals surface area contributed by atoms with Crippen LogP contribution in [0, 0.1) is 11.3 Å². The van der Waals surface area contributed by atoms with Crippen LogP contribution in [0.5, 0.6) is 0 Å². The Morgan fingerprint density at radius 3 is 3.06 bits per heavy atom. The molecule has 1 unspecified atom stereocenters. The van der Waals surface area contributed by atoms with Gasteiger partial charge in [0.15, 0.2) is 0 Å². The highest BCUT2D eigenvalue weighted by Gasteiger charge is 2.07. The van der Waals surface area contributed by atoms with Crippen molar-refractivity contribution < 1.29 is 0 Å². The maximum atomic E-state index is 8.71. The number of anilines is 1. The van der Waals surface area contributed by atoms with Crippen molar-refractivity contribution >= 4 is 17.3 Å². The van der Waals surface area contributed by atoms with Crippen LogP contribution in [-0.2, 0) is 0 Å². The molecule has 2 rings (SSSR count). The predicted octanol–water partition coefficient (Wildman–Crippen LogP) is 2.58. The lowest BCUT2D eigenvalue weighted by atomic mass is 10.3. The second kappa shape index (κ2) is 4.73. The van der Waals surface area contributed by atoms with E-state index in [0.717, 1.165) is 0 Å². The monoisotopic (exact) mass is 230 g/mol. The van der Waals surface area contributed by atoms with Gasteiger partial charge in [0, 0.05) is 11.1 Å². The molecule has 0 radical (unpaired) electrons. The molecule has 16 heavy (non-hydrogen) atoms. The van der Waals surface area contributed by atoms with Crippen LogP contribution < -0.4 is 5.32 Å². The third kappa shape index (κ3) is 2.35. The van der Waals surface area contributed by atoms with Crippen molar-refractivity contribution in [3.05, 3.63) is 40.3 Å². The Morgan fingerprint density at radius 2 is 2.38 bits per heavy atom. The normalized spacial score (nSPS) is 11.8. The summed E-state index contributed by atoms with van der Waals surface area (Å²) in [7, 11) is 0. The molecule has 0 saturated carbocycles. The lowest BCUT2D eigenvalue weighted by molar-refractivity contribution is 0.878. The van der Waals surface area contributed by atoms with Gasteiger partial charge in [-0.3, -0.25) is 0 Å². The van der Waals surface area contributed by atoms with Crippen molar-refractivity contribution in [2.45, 2.75) is 13.0 Å². The molecule has 0 aliphatic rings. The Hall–Kier alpha value is -1.93. The predicted molar refractivity (Wildman–Crippen MR) is 63.1 cm³/mol. The van der Waals surface area contributed by atoms with Crippen molar-refractivity contribution in [1.29, 1.82) is 5.26 Å². The van der Waals surface area contributed by atoms with E-state index in [1.54, 1.807) is 23.6 Å². The molecule has 2 heterocycles. The smallest absolute Gasteiger partial charge is 0.224 e. The summed E-state index contributed by atoms with van der Waals surface area (Å²) >= 11 is 1.68. The topological polar surface area (TPSA) is 61.6 Å². The van der Waals surface area contributed by atoms with Crippen LogP contribution in [-0.4, -0.2) is 9.97 Å². The number of thiophene rings is 1. The highest BCUT2D eigenvalue weighted by Crippen LogP contribution is 2.21. The molecule has 0 fully saturated rings. The number of hydrogen-bond acceptors (Lipinski definition) is 5. The Bertz CT molecular complexity index is 501. The Labute approximate surface area is 97.6 Å². The average molecular weight is 230 g/mol. The summed E-state index contributed by atoms with van der Waals surface area (Å²) in [6, 6.07) is 7.78. The van der Waals surface area contributed by atoms with E-state index < -0.39 is 0 Å². The first-order chi connectivity index (χ1) is 7.79. The first kappa shape index (κ1) is 10.6. The van der Waals surface area contributed by atoms with E-state index in [4.69, 9.17) is 5.26 Å². The van der Waals surface area contributed by atoms with Crippen LogP contribution in [0.4, 0.5) is 5.95 Å². The number of nitriles is 1. The minimum atomic E-state index is 0.147. The largest absolute Gasteiger partial charge is 0.347 e. The summed E-state index contributed by atoms with van der Waals surface area (Å²) < 4.78 is 0. The van der Waals surface area contributed by atoms with Crippen LogP contribution >= 0.6 is 11.3 Å². The van der Waals surface area contributed by atoms with Gasteiger partial charge in [0.05, 0.1) is 6.04 Å². The lowest BCUT2D eigenvalue weighted by Crippen LogP contribution is -2.08. The molecular formula is C11H10N4S. The fraction of sp³-hybridized carbons (Fsp3) is 0.182. The van der Waals surface area contributed by atoms with Crippen molar-refractivity contribution in [3.8, 4) is 6.07 Å². The first-order valence-electron chi connectivity index (χ1n) is 4.82. The molecule has 0 spiro atoms. The second-order valence-corrected chi connectivity index (χ2v) is 4.24. The molecule has 80 valence electrons. The summed E-state index contributed by atoms with van der Waals surface area (Å²) in [4.78, 5) is 9.34. The number of nitrogens with one attached hydrogen (secondary N) is 1. The van der Waals surface area contributed by atoms with Crippen molar-refractivity contribution in [3.63, 3.8) is 0 Å². The maximum Gasteiger partial charge on any atom is 0.224 e. The molecule has 0 aromatic carbocycles. The highest BCUT2D eigenvalue weighted by atomic mass is 32.1. The molecule has 0 aliphatic heterocycles. The Morgan fingerprint density at radius 1 is 1.50 bits per heavy atom. The molecule has 0 amide bonds. The summed E-state index contributed by atoms with van der Waals surface area (Å²) in [6.45, 7) is 2.04. The maximum absolute atomic E-state index is 8.71. The van der Waals surface area contributed by atoms with Gasteiger partial charge in [-0.15, -0.1) is 11.3 Å². The molecular weight excluding hydrogens is 220 g/mol. The number of rotatable bonds is 3. The standard InChI is InChI=1S/C11H10N4S/c1-8(10-3-2-6-16-10)14-11-13-5-4-9(7-12)15-11/h2-6,8H,1H3,(H,13,14,15). The third-order valence-electron chi connectivity index (χ3n) is 2.09. The quantitative estimate of drug-likeness (QED) is 0.880. The van der Waals surface area contributed by atoms with E-state index in [0.29, 0.717) is 11.6 Å².